The summed E-state index contributed by atoms with van der Waals surface area (Å²) in [5, 5.41) is 5.62. The molecule has 0 unspecified atom stereocenters. The van der Waals surface area contributed by atoms with E-state index in [0.717, 1.165) is 10.4 Å². The molecular weight excluding hydrogens is 276 g/mol. The van der Waals surface area contributed by atoms with Crippen LogP contribution in [0.15, 0.2) is 78.9 Å². The minimum atomic E-state index is 0.801. The van der Waals surface area contributed by atoms with Crippen LogP contribution in [0.3, 0.4) is 0 Å². The van der Waals surface area contributed by atoms with Gasteiger partial charge in [0.25, 0.3) is 0 Å². The number of benzene rings is 4. The van der Waals surface area contributed by atoms with Crippen LogP contribution in [0, 0.1) is 0 Å². The van der Waals surface area contributed by atoms with Crippen LogP contribution in [-0.4, -0.2) is 0 Å². The summed E-state index contributed by atoms with van der Waals surface area (Å²) in [5.74, 6) is 0. The molecule has 100 valence electrons. The van der Waals surface area contributed by atoms with Gasteiger partial charge in [0.1, 0.15) is 0 Å². The van der Waals surface area contributed by atoms with Gasteiger partial charge in [0.2, 0.25) is 0 Å². The predicted octanol–water partition coefficient (Wildman–Crippen LogP) is 6.31. The largest absolute Gasteiger partial charge is 0.0837 e. The minimum Gasteiger partial charge on any atom is -0.0837 e. The van der Waals surface area contributed by atoms with Crippen LogP contribution >= 0.6 is 11.6 Å². The first-order chi connectivity index (χ1) is 10.3. The molecule has 0 nitrogen and oxygen atoms in total. The van der Waals surface area contributed by atoms with Gasteiger partial charge in [-0.25, -0.2) is 0 Å². The highest BCUT2D eigenvalue weighted by molar-refractivity contribution is 6.35. The molecule has 0 fully saturated rings. The smallest absolute Gasteiger partial charge is 0.0484 e. The van der Waals surface area contributed by atoms with Crippen LogP contribution in [0.2, 0.25) is 5.02 Å². The molecule has 4 aromatic carbocycles. The van der Waals surface area contributed by atoms with E-state index >= 15 is 0 Å². The Morgan fingerprint density at radius 1 is 0.571 bits per heavy atom. The fourth-order valence-corrected chi connectivity index (χ4v) is 3.12. The van der Waals surface area contributed by atoms with Gasteiger partial charge in [-0.1, -0.05) is 78.3 Å². The maximum Gasteiger partial charge on any atom is 0.0484 e. The molecule has 21 heavy (non-hydrogen) atoms. The summed E-state index contributed by atoms with van der Waals surface area (Å²) >= 11 is 6.31. The van der Waals surface area contributed by atoms with Crippen molar-refractivity contribution in [2.24, 2.45) is 0 Å². The fraction of sp³-hybridized carbons (Fsp3) is 0. The SMILES string of the molecule is Clc1cccc2c(-c3ccc4ccccc4c3)cccc12. The summed E-state index contributed by atoms with van der Waals surface area (Å²) in [6.07, 6.45) is 0. The third kappa shape index (κ3) is 2.09. The van der Waals surface area contributed by atoms with Crippen LogP contribution in [0.5, 0.6) is 0 Å². The monoisotopic (exact) mass is 288 g/mol. The maximum atomic E-state index is 6.31. The molecule has 0 atom stereocenters. The molecule has 0 heterocycles. The molecule has 0 amide bonds. The van der Waals surface area contributed by atoms with E-state index in [-0.39, 0.29) is 0 Å². The predicted molar refractivity (Wildman–Crippen MR) is 91.9 cm³/mol. The van der Waals surface area contributed by atoms with Gasteiger partial charge in [-0.15, -0.1) is 0 Å². The van der Waals surface area contributed by atoms with Crippen molar-refractivity contribution in [2.75, 3.05) is 0 Å². The molecule has 0 radical (unpaired) electrons. The molecule has 1 heteroatoms. The highest BCUT2D eigenvalue weighted by Gasteiger charge is 2.06. The van der Waals surface area contributed by atoms with Crippen molar-refractivity contribution in [3.05, 3.63) is 83.9 Å². The Morgan fingerprint density at radius 3 is 2.24 bits per heavy atom. The van der Waals surface area contributed by atoms with E-state index in [1.807, 2.05) is 12.1 Å². The second kappa shape index (κ2) is 4.91. The highest BCUT2D eigenvalue weighted by Crippen LogP contribution is 2.33. The van der Waals surface area contributed by atoms with Crippen molar-refractivity contribution >= 4 is 33.1 Å². The van der Waals surface area contributed by atoms with E-state index in [1.165, 1.54) is 27.3 Å². The Kier molecular flexibility index (Phi) is 2.90. The molecule has 0 saturated carbocycles. The molecule has 0 spiro atoms. The first-order valence-corrected chi connectivity index (χ1v) is 7.37. The normalized spacial score (nSPS) is 11.1. The summed E-state index contributed by atoms with van der Waals surface area (Å²) in [5.41, 5.74) is 2.45. The summed E-state index contributed by atoms with van der Waals surface area (Å²) in [7, 11) is 0. The van der Waals surface area contributed by atoms with Gasteiger partial charge in [0.05, 0.1) is 0 Å². The van der Waals surface area contributed by atoms with Gasteiger partial charge in [-0.3, -0.25) is 0 Å². The number of hydrogen-bond donors (Lipinski definition) is 0. The third-order valence-corrected chi connectivity index (χ3v) is 4.26. The Bertz CT molecular complexity index is 954. The summed E-state index contributed by atoms with van der Waals surface area (Å²) in [6, 6.07) is 27.4. The molecule has 0 aromatic heterocycles. The van der Waals surface area contributed by atoms with Crippen LogP contribution in [0.1, 0.15) is 0 Å². The Hall–Kier alpha value is -2.31. The molecule has 0 aliphatic carbocycles. The van der Waals surface area contributed by atoms with Gasteiger partial charge in [0, 0.05) is 10.4 Å². The lowest BCUT2D eigenvalue weighted by atomic mass is 9.96. The average Bonchev–Trinajstić information content (AvgIpc) is 2.54. The first kappa shape index (κ1) is 12.4. The third-order valence-electron chi connectivity index (χ3n) is 3.93. The van der Waals surface area contributed by atoms with Crippen molar-refractivity contribution < 1.29 is 0 Å². The number of halogens is 1. The molecule has 0 N–H and O–H groups in total. The van der Waals surface area contributed by atoms with Crippen LogP contribution in [0.25, 0.3) is 32.7 Å². The van der Waals surface area contributed by atoms with Gasteiger partial charge in [-0.2, -0.15) is 0 Å². The maximum absolute atomic E-state index is 6.31. The highest BCUT2D eigenvalue weighted by atomic mass is 35.5. The molecule has 0 aliphatic heterocycles. The number of fused-ring (bicyclic) bond motifs is 2. The average molecular weight is 289 g/mol. The second-order valence-corrected chi connectivity index (χ2v) is 5.61. The van der Waals surface area contributed by atoms with Crippen LogP contribution < -0.4 is 0 Å². The van der Waals surface area contributed by atoms with E-state index in [4.69, 9.17) is 11.6 Å². The summed E-state index contributed by atoms with van der Waals surface area (Å²) in [4.78, 5) is 0. The zero-order valence-corrected chi connectivity index (χ0v) is 12.1. The van der Waals surface area contributed by atoms with E-state index in [0.29, 0.717) is 0 Å². The summed E-state index contributed by atoms with van der Waals surface area (Å²) < 4.78 is 0. The van der Waals surface area contributed by atoms with Crippen molar-refractivity contribution in [1.29, 1.82) is 0 Å². The molecule has 0 bridgehead atoms. The molecule has 4 rings (SSSR count). The quantitative estimate of drug-likeness (QED) is 0.385. The Balaban J connectivity index is 2.02. The zero-order chi connectivity index (χ0) is 14.2. The van der Waals surface area contributed by atoms with Gasteiger partial charge in [0.15, 0.2) is 0 Å². The van der Waals surface area contributed by atoms with Gasteiger partial charge >= 0.3 is 0 Å². The minimum absolute atomic E-state index is 0.801. The topological polar surface area (TPSA) is 0 Å². The van der Waals surface area contributed by atoms with Crippen molar-refractivity contribution in [2.45, 2.75) is 0 Å². The first-order valence-electron chi connectivity index (χ1n) is 6.99. The van der Waals surface area contributed by atoms with Crippen LogP contribution in [-0.2, 0) is 0 Å². The second-order valence-electron chi connectivity index (χ2n) is 5.20. The van der Waals surface area contributed by atoms with Gasteiger partial charge in [-0.05, 0) is 39.4 Å². The summed E-state index contributed by atoms with van der Waals surface area (Å²) in [6.45, 7) is 0. The van der Waals surface area contributed by atoms with Crippen molar-refractivity contribution in [3.63, 3.8) is 0 Å². The fourth-order valence-electron chi connectivity index (χ4n) is 2.88. The standard InChI is InChI=1S/C20H13Cl/c21-20-10-4-8-18-17(7-3-9-19(18)20)16-12-11-14-5-1-2-6-15(14)13-16/h1-13H. The Labute approximate surface area is 128 Å². The van der Waals surface area contributed by atoms with Gasteiger partial charge < -0.3 is 0 Å². The zero-order valence-electron chi connectivity index (χ0n) is 11.4. The van der Waals surface area contributed by atoms with Crippen molar-refractivity contribution in [1.82, 2.24) is 0 Å². The number of hydrogen-bond acceptors (Lipinski definition) is 0. The van der Waals surface area contributed by atoms with E-state index in [2.05, 4.69) is 66.7 Å². The molecule has 4 aromatic rings. The lowest BCUT2D eigenvalue weighted by Crippen LogP contribution is -1.82. The molecular formula is C20H13Cl. The Morgan fingerprint density at radius 2 is 1.33 bits per heavy atom. The van der Waals surface area contributed by atoms with E-state index in [9.17, 15) is 0 Å². The lowest BCUT2D eigenvalue weighted by Gasteiger charge is -2.09. The lowest BCUT2D eigenvalue weighted by molar-refractivity contribution is 1.68. The van der Waals surface area contributed by atoms with E-state index < -0.39 is 0 Å². The molecule has 0 saturated heterocycles. The van der Waals surface area contributed by atoms with Crippen molar-refractivity contribution in [3.8, 4) is 11.1 Å². The molecule has 0 aliphatic rings. The number of rotatable bonds is 1. The van der Waals surface area contributed by atoms with E-state index in [1.54, 1.807) is 0 Å². The van der Waals surface area contributed by atoms with Crippen LogP contribution in [0.4, 0.5) is 0 Å².